The van der Waals surface area contributed by atoms with Gasteiger partial charge in [-0.1, -0.05) is 18.2 Å². The van der Waals surface area contributed by atoms with Gasteiger partial charge in [0.2, 0.25) is 0 Å². The molecule has 0 saturated carbocycles. The number of non-ortho nitro benzene ring substituents is 1. The van der Waals surface area contributed by atoms with Gasteiger partial charge < -0.3 is 0 Å². The highest BCUT2D eigenvalue weighted by molar-refractivity contribution is 7.13. The fourth-order valence-electron chi connectivity index (χ4n) is 2.18. The molecule has 0 bridgehead atoms. The van der Waals surface area contributed by atoms with Crippen molar-refractivity contribution in [3.05, 3.63) is 74.0 Å². The number of amides is 1. The van der Waals surface area contributed by atoms with Crippen molar-refractivity contribution in [3.63, 3.8) is 0 Å². The Balaban J connectivity index is 1.81. The molecule has 0 aliphatic rings. The molecule has 3 aromatic rings. The average Bonchev–Trinajstić information content (AvgIpc) is 3.05. The molecule has 3 rings (SSSR count). The molecule has 0 radical (unpaired) electrons. The molecule has 26 heavy (non-hydrogen) atoms. The zero-order chi connectivity index (χ0) is 18.7. The van der Waals surface area contributed by atoms with Crippen LogP contribution in [0.3, 0.4) is 0 Å². The van der Waals surface area contributed by atoms with Crippen LogP contribution in [0.2, 0.25) is 0 Å². The Kier molecular flexibility index (Phi) is 4.62. The molecular formula is C15H9N5O5S. The van der Waals surface area contributed by atoms with Gasteiger partial charge in [0.05, 0.1) is 32.4 Å². The number of benzene rings is 2. The minimum absolute atomic E-state index is 0.0176. The summed E-state index contributed by atoms with van der Waals surface area (Å²) in [5.74, 6) is -0.566. The van der Waals surface area contributed by atoms with Crippen LogP contribution in [0.25, 0.3) is 10.1 Å². The van der Waals surface area contributed by atoms with Crippen molar-refractivity contribution >= 4 is 45.1 Å². The zero-order valence-corrected chi connectivity index (χ0v) is 13.7. The topological polar surface area (TPSA) is 141 Å². The Bertz CT molecular complexity index is 1060. The van der Waals surface area contributed by atoms with E-state index in [1.165, 1.54) is 17.6 Å². The monoisotopic (exact) mass is 371 g/mol. The third-order valence-corrected chi connectivity index (χ3v) is 4.21. The number of hydrogen-bond donors (Lipinski definition) is 1. The zero-order valence-electron chi connectivity index (χ0n) is 12.9. The Morgan fingerprint density at radius 1 is 1.15 bits per heavy atom. The third kappa shape index (κ3) is 3.37. The molecule has 0 fully saturated rings. The van der Waals surface area contributed by atoms with E-state index in [4.69, 9.17) is 0 Å². The molecule has 10 nitrogen and oxygen atoms in total. The van der Waals surface area contributed by atoms with Crippen LogP contribution in [-0.2, 0) is 0 Å². The first-order valence-electron chi connectivity index (χ1n) is 7.08. The van der Waals surface area contributed by atoms with Crippen molar-refractivity contribution in [2.24, 2.45) is 5.10 Å². The van der Waals surface area contributed by atoms with Gasteiger partial charge in [-0.25, -0.2) is 5.43 Å². The van der Waals surface area contributed by atoms with Crippen molar-refractivity contribution in [3.8, 4) is 0 Å². The number of nitro groups is 2. The molecule has 1 N–H and O–H groups in total. The minimum Gasteiger partial charge on any atom is -0.265 e. The maximum absolute atomic E-state index is 12.2. The van der Waals surface area contributed by atoms with E-state index in [1.807, 2.05) is 12.1 Å². The molecule has 0 aliphatic carbocycles. The van der Waals surface area contributed by atoms with Gasteiger partial charge in [0.15, 0.2) is 5.69 Å². The lowest BCUT2D eigenvalue weighted by atomic mass is 10.2. The van der Waals surface area contributed by atoms with Gasteiger partial charge in [-0.15, -0.1) is 0 Å². The van der Waals surface area contributed by atoms with Gasteiger partial charge in [-0.05, 0) is 23.7 Å². The Morgan fingerprint density at radius 3 is 2.65 bits per heavy atom. The van der Waals surface area contributed by atoms with Gasteiger partial charge in [-0.3, -0.25) is 25.0 Å². The molecule has 11 heteroatoms. The Hall–Kier alpha value is -3.73. The van der Waals surface area contributed by atoms with E-state index in [2.05, 4.69) is 14.9 Å². The van der Waals surface area contributed by atoms with Gasteiger partial charge in [0.25, 0.3) is 17.3 Å². The SMILES string of the molecule is O=C(N/N=C/c1ccc([N+](=O)[O-])cc1[N+](=O)[O-])c1nsc2ccccc12. The molecule has 1 aromatic heterocycles. The van der Waals surface area contributed by atoms with E-state index in [9.17, 15) is 25.0 Å². The number of carbonyl (C=O) groups excluding carboxylic acids is 1. The van der Waals surface area contributed by atoms with Gasteiger partial charge >= 0.3 is 0 Å². The molecule has 130 valence electrons. The number of hydrogen-bond acceptors (Lipinski definition) is 8. The summed E-state index contributed by atoms with van der Waals surface area (Å²) in [5, 5.41) is 26.1. The standard InChI is InChI=1S/C15H9N5O5S/c21-15(14-11-3-1-2-4-13(11)26-18-14)17-16-8-9-5-6-10(19(22)23)7-12(9)20(24)25/h1-8H,(H,17,21)/b16-8+. The summed E-state index contributed by atoms with van der Waals surface area (Å²) < 4.78 is 4.91. The predicted molar refractivity (Wildman–Crippen MR) is 94.4 cm³/mol. The first-order chi connectivity index (χ1) is 12.5. The van der Waals surface area contributed by atoms with Crippen LogP contribution in [0, 0.1) is 20.2 Å². The van der Waals surface area contributed by atoms with Crippen molar-refractivity contribution in [1.29, 1.82) is 0 Å². The van der Waals surface area contributed by atoms with Crippen molar-refractivity contribution < 1.29 is 14.6 Å². The molecule has 0 aliphatic heterocycles. The number of hydrazone groups is 1. The molecule has 2 aromatic carbocycles. The third-order valence-electron chi connectivity index (χ3n) is 3.38. The second kappa shape index (κ2) is 7.03. The minimum atomic E-state index is -0.760. The van der Waals surface area contributed by atoms with Crippen LogP contribution in [0.1, 0.15) is 16.1 Å². The molecule has 1 heterocycles. The van der Waals surface area contributed by atoms with Crippen LogP contribution < -0.4 is 5.43 Å². The summed E-state index contributed by atoms with van der Waals surface area (Å²) in [5.41, 5.74) is 1.56. The lowest BCUT2D eigenvalue weighted by Gasteiger charge is -1.99. The normalized spacial score (nSPS) is 10.9. The molecule has 0 unspecified atom stereocenters. The number of aromatic nitrogens is 1. The summed E-state index contributed by atoms with van der Waals surface area (Å²) in [7, 11) is 0. The maximum atomic E-state index is 12.2. The van der Waals surface area contributed by atoms with Crippen LogP contribution in [-0.4, -0.2) is 26.3 Å². The van der Waals surface area contributed by atoms with Crippen LogP contribution >= 0.6 is 11.5 Å². The smallest absolute Gasteiger partial charge is 0.265 e. The van der Waals surface area contributed by atoms with Crippen LogP contribution in [0.5, 0.6) is 0 Å². The highest BCUT2D eigenvalue weighted by Crippen LogP contribution is 2.24. The second-order valence-corrected chi connectivity index (χ2v) is 5.79. The summed E-state index contributed by atoms with van der Waals surface area (Å²) >= 11 is 1.17. The lowest BCUT2D eigenvalue weighted by molar-refractivity contribution is -0.394. The summed E-state index contributed by atoms with van der Waals surface area (Å²) in [6.45, 7) is 0. The fourth-order valence-corrected chi connectivity index (χ4v) is 2.95. The van der Waals surface area contributed by atoms with Gasteiger partial charge in [0.1, 0.15) is 0 Å². The first-order valence-corrected chi connectivity index (χ1v) is 7.85. The highest BCUT2D eigenvalue weighted by Gasteiger charge is 2.18. The molecule has 0 atom stereocenters. The van der Waals surface area contributed by atoms with E-state index in [0.29, 0.717) is 5.39 Å². The Labute approximate surface area is 149 Å². The first kappa shape index (κ1) is 17.1. The number of fused-ring (bicyclic) bond motifs is 1. The second-order valence-electron chi connectivity index (χ2n) is 4.98. The molecule has 0 saturated heterocycles. The average molecular weight is 371 g/mol. The van der Waals surface area contributed by atoms with Crippen molar-refractivity contribution in [2.45, 2.75) is 0 Å². The molecule has 1 amide bonds. The summed E-state index contributed by atoms with van der Waals surface area (Å²) in [6, 6.07) is 10.3. The maximum Gasteiger partial charge on any atom is 0.291 e. The van der Waals surface area contributed by atoms with Gasteiger partial charge in [-0.2, -0.15) is 9.47 Å². The predicted octanol–water partition coefficient (Wildman–Crippen LogP) is 2.88. The van der Waals surface area contributed by atoms with Crippen molar-refractivity contribution in [1.82, 2.24) is 9.80 Å². The number of carbonyl (C=O) groups is 1. The number of nitrogens with one attached hydrogen (secondary N) is 1. The van der Waals surface area contributed by atoms with E-state index in [-0.39, 0.29) is 11.3 Å². The molecule has 0 spiro atoms. The number of nitrogens with zero attached hydrogens (tertiary/aromatic N) is 4. The van der Waals surface area contributed by atoms with E-state index in [1.54, 1.807) is 12.1 Å². The highest BCUT2D eigenvalue weighted by atomic mass is 32.1. The fraction of sp³-hybridized carbons (Fsp3) is 0. The number of rotatable bonds is 5. The van der Waals surface area contributed by atoms with Crippen LogP contribution in [0.4, 0.5) is 11.4 Å². The Morgan fingerprint density at radius 2 is 1.92 bits per heavy atom. The summed E-state index contributed by atoms with van der Waals surface area (Å²) in [4.78, 5) is 32.4. The van der Waals surface area contributed by atoms with Crippen LogP contribution in [0.15, 0.2) is 47.6 Å². The lowest BCUT2D eigenvalue weighted by Crippen LogP contribution is -2.18. The van der Waals surface area contributed by atoms with E-state index >= 15 is 0 Å². The summed E-state index contributed by atoms with van der Waals surface area (Å²) in [6.07, 6.45) is 1.05. The van der Waals surface area contributed by atoms with Crippen molar-refractivity contribution in [2.75, 3.05) is 0 Å². The molecular weight excluding hydrogens is 362 g/mol. The number of nitro benzene ring substituents is 2. The largest absolute Gasteiger partial charge is 0.291 e. The van der Waals surface area contributed by atoms with E-state index < -0.39 is 27.1 Å². The van der Waals surface area contributed by atoms with Gasteiger partial charge in [0, 0.05) is 11.5 Å². The van der Waals surface area contributed by atoms with E-state index in [0.717, 1.165) is 23.0 Å². The quantitative estimate of drug-likeness (QED) is 0.415.